The van der Waals surface area contributed by atoms with Crippen molar-refractivity contribution in [2.45, 2.75) is 44.6 Å². The molecular weight excluding hydrogens is 554 g/mol. The zero-order valence-electron chi connectivity index (χ0n) is 22.5. The Kier molecular flexibility index (Phi) is 7.82. The maximum atomic E-state index is 13.9. The Hall–Kier alpha value is -3.15. The lowest BCUT2D eigenvalue weighted by Crippen LogP contribution is -2.46. The molecule has 7 nitrogen and oxygen atoms in total. The van der Waals surface area contributed by atoms with Crippen molar-refractivity contribution in [2.24, 2.45) is 11.3 Å². The maximum Gasteiger partial charge on any atom is 0.253 e. The van der Waals surface area contributed by atoms with Crippen molar-refractivity contribution >= 4 is 40.9 Å². The molecule has 0 bridgehead atoms. The van der Waals surface area contributed by atoms with E-state index >= 15 is 0 Å². The molecule has 0 aromatic heterocycles. The monoisotopic (exact) mass is 584 g/mol. The standard InChI is InChI=1S/C30H31Cl2FN4O3/c1-30(9-10-30)29(40)36-11-7-18(8-12-36)28(39)37-16-22(19-3-5-23(31)24(32)14-19)26(17-37)35(2)27(38)20-4-6-25(33)21(13-20)15-34/h3-6,13-14,18,22,26H,7-12,16-17H2,1-2H3/t22-,26+/m0/s1. The van der Waals surface area contributed by atoms with Crippen LogP contribution in [0.5, 0.6) is 0 Å². The lowest BCUT2D eigenvalue weighted by Gasteiger charge is -2.34. The average molecular weight is 586 g/mol. The number of amides is 3. The molecule has 210 valence electrons. The molecule has 0 N–H and O–H groups in total. The number of hydrogen-bond acceptors (Lipinski definition) is 4. The van der Waals surface area contributed by atoms with Crippen molar-refractivity contribution in [3.8, 4) is 6.07 Å². The molecule has 2 aromatic rings. The lowest BCUT2D eigenvalue weighted by molar-refractivity contribution is -0.142. The fourth-order valence-corrected chi connectivity index (χ4v) is 6.21. The number of benzene rings is 2. The molecule has 0 unspecified atom stereocenters. The first-order valence-corrected chi connectivity index (χ1v) is 14.3. The van der Waals surface area contributed by atoms with Gasteiger partial charge in [0.25, 0.3) is 5.91 Å². The van der Waals surface area contributed by atoms with Gasteiger partial charge in [0, 0.05) is 56.0 Å². The average Bonchev–Trinajstić information content (AvgIpc) is 3.56. The SMILES string of the molecule is CN(C(=O)c1ccc(F)c(C#N)c1)[C@@H]1CN(C(=O)C2CCN(C(=O)C3(C)CC3)CC2)C[C@H]1c1ccc(Cl)c(Cl)c1. The highest BCUT2D eigenvalue weighted by Gasteiger charge is 2.48. The summed E-state index contributed by atoms with van der Waals surface area (Å²) in [6.07, 6.45) is 3.08. The summed E-state index contributed by atoms with van der Waals surface area (Å²) in [4.78, 5) is 45.2. The number of halogens is 3. The minimum Gasteiger partial charge on any atom is -0.342 e. The highest BCUT2D eigenvalue weighted by molar-refractivity contribution is 6.42. The van der Waals surface area contributed by atoms with Gasteiger partial charge >= 0.3 is 0 Å². The van der Waals surface area contributed by atoms with Gasteiger partial charge in [0.2, 0.25) is 11.8 Å². The van der Waals surface area contributed by atoms with Crippen molar-refractivity contribution in [2.75, 3.05) is 33.2 Å². The van der Waals surface area contributed by atoms with Crippen LogP contribution in [0.15, 0.2) is 36.4 Å². The molecule has 2 atom stereocenters. The van der Waals surface area contributed by atoms with Crippen LogP contribution in [0.2, 0.25) is 10.0 Å². The fourth-order valence-electron chi connectivity index (χ4n) is 5.90. The van der Waals surface area contributed by atoms with Gasteiger partial charge in [-0.05, 0) is 61.6 Å². The fraction of sp³-hybridized carbons (Fsp3) is 0.467. The van der Waals surface area contributed by atoms with Crippen LogP contribution < -0.4 is 0 Å². The normalized spacial score (nSPS) is 22.1. The van der Waals surface area contributed by atoms with Crippen LogP contribution in [0.4, 0.5) is 4.39 Å². The smallest absolute Gasteiger partial charge is 0.253 e. The molecule has 2 heterocycles. The summed E-state index contributed by atoms with van der Waals surface area (Å²) < 4.78 is 13.9. The third-order valence-corrected chi connectivity index (χ3v) is 9.51. The van der Waals surface area contributed by atoms with E-state index in [0.717, 1.165) is 24.5 Å². The summed E-state index contributed by atoms with van der Waals surface area (Å²) in [5, 5.41) is 10.0. The first kappa shape index (κ1) is 28.4. The molecule has 2 saturated heterocycles. The van der Waals surface area contributed by atoms with E-state index in [1.807, 2.05) is 17.9 Å². The molecule has 5 rings (SSSR count). The molecule has 1 aliphatic carbocycles. The van der Waals surface area contributed by atoms with Crippen LogP contribution in [-0.2, 0) is 9.59 Å². The first-order chi connectivity index (χ1) is 19.0. The Morgan fingerprint density at radius 2 is 1.73 bits per heavy atom. The molecule has 10 heteroatoms. The van der Waals surface area contributed by atoms with Gasteiger partial charge in [-0.1, -0.05) is 36.2 Å². The molecule has 40 heavy (non-hydrogen) atoms. The molecular formula is C30H31Cl2FN4O3. The lowest BCUT2D eigenvalue weighted by atomic mass is 9.93. The van der Waals surface area contributed by atoms with E-state index < -0.39 is 5.82 Å². The minimum absolute atomic E-state index is 0.0201. The molecule has 3 fully saturated rings. The largest absolute Gasteiger partial charge is 0.342 e. The van der Waals surface area contributed by atoms with Crippen LogP contribution in [0, 0.1) is 28.5 Å². The predicted octanol–water partition coefficient (Wildman–Crippen LogP) is 5.11. The van der Waals surface area contributed by atoms with Gasteiger partial charge in [-0.3, -0.25) is 14.4 Å². The molecule has 0 spiro atoms. The first-order valence-electron chi connectivity index (χ1n) is 13.5. The van der Waals surface area contributed by atoms with Crippen LogP contribution in [0.3, 0.4) is 0 Å². The van der Waals surface area contributed by atoms with Gasteiger partial charge in [-0.15, -0.1) is 0 Å². The number of piperidine rings is 1. The summed E-state index contributed by atoms with van der Waals surface area (Å²) in [5.74, 6) is -1.28. The predicted molar refractivity (Wildman–Crippen MR) is 149 cm³/mol. The molecule has 3 amide bonds. The number of rotatable bonds is 5. The van der Waals surface area contributed by atoms with Crippen molar-refractivity contribution < 1.29 is 18.8 Å². The topological polar surface area (TPSA) is 84.7 Å². The number of hydrogen-bond donors (Lipinski definition) is 0. The van der Waals surface area contributed by atoms with Crippen LogP contribution in [0.25, 0.3) is 0 Å². The summed E-state index contributed by atoms with van der Waals surface area (Å²) in [7, 11) is 1.66. The quantitative estimate of drug-likeness (QED) is 0.489. The van der Waals surface area contributed by atoms with Gasteiger partial charge in [-0.25, -0.2) is 4.39 Å². The molecule has 0 radical (unpaired) electrons. The molecule has 1 saturated carbocycles. The highest BCUT2D eigenvalue weighted by atomic mass is 35.5. The Labute approximate surface area is 243 Å². The summed E-state index contributed by atoms with van der Waals surface area (Å²) in [6, 6.07) is 10.4. The van der Waals surface area contributed by atoms with E-state index in [4.69, 9.17) is 23.2 Å². The van der Waals surface area contributed by atoms with E-state index in [9.17, 15) is 24.0 Å². The van der Waals surface area contributed by atoms with Crippen molar-refractivity contribution in [1.82, 2.24) is 14.7 Å². The number of nitrogens with zero attached hydrogens (tertiary/aromatic N) is 4. The van der Waals surface area contributed by atoms with Gasteiger partial charge in [0.05, 0.1) is 21.7 Å². The van der Waals surface area contributed by atoms with Crippen LogP contribution >= 0.6 is 23.2 Å². The second-order valence-electron chi connectivity index (χ2n) is 11.4. The van der Waals surface area contributed by atoms with Crippen LogP contribution in [0.1, 0.15) is 60.0 Å². The Bertz CT molecular complexity index is 1400. The minimum atomic E-state index is -0.688. The second kappa shape index (κ2) is 11.0. The number of likely N-dealkylation sites (tertiary alicyclic amines) is 2. The van der Waals surface area contributed by atoms with Crippen molar-refractivity contribution in [3.63, 3.8) is 0 Å². The number of carbonyl (C=O) groups is 3. The van der Waals surface area contributed by atoms with Gasteiger partial charge in [-0.2, -0.15) is 5.26 Å². The number of likely N-dealkylation sites (N-methyl/N-ethyl adjacent to an activating group) is 1. The molecule has 2 aliphatic heterocycles. The molecule has 3 aliphatic rings. The highest BCUT2D eigenvalue weighted by Crippen LogP contribution is 2.47. The Balaban J connectivity index is 1.35. The maximum absolute atomic E-state index is 13.9. The van der Waals surface area contributed by atoms with E-state index in [2.05, 4.69) is 0 Å². The number of nitriles is 1. The summed E-state index contributed by atoms with van der Waals surface area (Å²) in [6.45, 7) is 3.86. The number of carbonyl (C=O) groups excluding carboxylic acids is 3. The van der Waals surface area contributed by atoms with Crippen molar-refractivity contribution in [1.29, 1.82) is 5.26 Å². The third kappa shape index (κ3) is 5.42. The zero-order valence-corrected chi connectivity index (χ0v) is 24.0. The van der Waals surface area contributed by atoms with E-state index in [1.165, 1.54) is 12.1 Å². The van der Waals surface area contributed by atoms with Gasteiger partial charge < -0.3 is 14.7 Å². The molecule has 2 aromatic carbocycles. The van der Waals surface area contributed by atoms with Gasteiger partial charge in [0.15, 0.2) is 0 Å². The Morgan fingerprint density at radius 3 is 2.35 bits per heavy atom. The zero-order chi connectivity index (χ0) is 28.8. The van der Waals surface area contributed by atoms with E-state index in [1.54, 1.807) is 35.0 Å². The van der Waals surface area contributed by atoms with Crippen LogP contribution in [-0.4, -0.2) is 71.7 Å². The van der Waals surface area contributed by atoms with E-state index in [-0.39, 0.29) is 52.1 Å². The van der Waals surface area contributed by atoms with E-state index in [0.29, 0.717) is 49.1 Å². The third-order valence-electron chi connectivity index (χ3n) is 8.77. The van der Waals surface area contributed by atoms with Crippen molar-refractivity contribution in [3.05, 3.63) is 69.0 Å². The summed E-state index contributed by atoms with van der Waals surface area (Å²) in [5.41, 5.74) is 0.620. The van der Waals surface area contributed by atoms with Gasteiger partial charge in [0.1, 0.15) is 11.9 Å². The Morgan fingerprint density at radius 1 is 1.02 bits per heavy atom. The summed E-state index contributed by atoms with van der Waals surface area (Å²) >= 11 is 12.5. The second-order valence-corrected chi connectivity index (χ2v) is 12.3.